The highest BCUT2D eigenvalue weighted by atomic mass is 16.4. The van der Waals surface area contributed by atoms with E-state index >= 15 is 0 Å². The van der Waals surface area contributed by atoms with Gasteiger partial charge in [-0.1, -0.05) is 27.7 Å². The Hall–Kier alpha value is -1.62. The number of rotatable bonds is 5. The minimum atomic E-state index is -0.909. The Morgan fingerprint density at radius 2 is 1.91 bits per heavy atom. The second-order valence-corrected chi connectivity index (χ2v) is 7.41. The minimum absolute atomic E-state index is 0.0372. The van der Waals surface area contributed by atoms with Crippen LogP contribution in [0.2, 0.25) is 0 Å². The summed E-state index contributed by atoms with van der Waals surface area (Å²) in [6, 6.07) is 0. The molecular weight excluding hydrogens is 294 g/mol. The fourth-order valence-electron chi connectivity index (χ4n) is 3.12. The predicted molar refractivity (Wildman–Crippen MR) is 87.7 cm³/mol. The molecule has 128 valence electrons. The number of hydrogen-bond donors (Lipinski definition) is 2. The third-order valence-electron chi connectivity index (χ3n) is 4.88. The van der Waals surface area contributed by atoms with Crippen LogP contribution in [0.3, 0.4) is 0 Å². The van der Waals surface area contributed by atoms with Crippen LogP contribution in [0, 0.1) is 12.3 Å². The van der Waals surface area contributed by atoms with Crippen LogP contribution in [-0.4, -0.2) is 28.9 Å². The topological polar surface area (TPSA) is 79.5 Å². The molecule has 1 aliphatic rings. The molecule has 5 heteroatoms. The maximum Gasteiger partial charge on any atom is 0.287 e. The van der Waals surface area contributed by atoms with Crippen LogP contribution in [0.4, 0.5) is 0 Å². The van der Waals surface area contributed by atoms with E-state index in [-0.39, 0.29) is 29.4 Å². The molecule has 0 aromatic carbocycles. The third-order valence-corrected chi connectivity index (χ3v) is 4.88. The molecule has 2 N–H and O–H groups in total. The van der Waals surface area contributed by atoms with Gasteiger partial charge in [-0.2, -0.15) is 0 Å². The Kier molecular flexibility index (Phi) is 4.71. The largest absolute Gasteiger partial charge is 0.455 e. The van der Waals surface area contributed by atoms with Crippen LogP contribution < -0.4 is 5.32 Å². The quantitative estimate of drug-likeness (QED) is 0.873. The molecule has 1 amide bonds. The molecule has 0 spiro atoms. The first-order chi connectivity index (χ1) is 10.6. The van der Waals surface area contributed by atoms with E-state index in [2.05, 4.69) is 5.32 Å². The molecule has 0 radical (unpaired) electrons. The average Bonchev–Trinajstić information content (AvgIpc) is 2.80. The highest BCUT2D eigenvalue weighted by molar-refractivity contribution is 6.03. The molecule has 0 unspecified atom stereocenters. The summed E-state index contributed by atoms with van der Waals surface area (Å²) in [6.45, 7) is 9.73. The maximum absolute atomic E-state index is 12.4. The molecule has 0 bridgehead atoms. The molecule has 1 heterocycles. The summed E-state index contributed by atoms with van der Waals surface area (Å²) in [7, 11) is 0. The number of Topliss-reactive ketones (excluding diaryl/α,β-unsaturated/α-hetero) is 1. The minimum Gasteiger partial charge on any atom is -0.455 e. The van der Waals surface area contributed by atoms with Gasteiger partial charge in [0.1, 0.15) is 5.76 Å². The average molecular weight is 321 g/mol. The van der Waals surface area contributed by atoms with Gasteiger partial charge in [0.25, 0.3) is 5.91 Å². The Balaban J connectivity index is 2.22. The first kappa shape index (κ1) is 17.7. The van der Waals surface area contributed by atoms with Crippen molar-refractivity contribution >= 4 is 11.7 Å². The highest BCUT2D eigenvalue weighted by Gasteiger charge is 2.37. The lowest BCUT2D eigenvalue weighted by molar-refractivity contribution is 0.0309. The number of furan rings is 1. The lowest BCUT2D eigenvalue weighted by Gasteiger charge is -2.27. The first-order valence-corrected chi connectivity index (χ1v) is 8.28. The summed E-state index contributed by atoms with van der Waals surface area (Å²) in [4.78, 5) is 24.7. The lowest BCUT2D eigenvalue weighted by Crippen LogP contribution is -2.42. The normalized spacial score (nSPS) is 17.0. The summed E-state index contributed by atoms with van der Waals surface area (Å²) in [6.07, 6.45) is 2.23. The van der Waals surface area contributed by atoms with Gasteiger partial charge in [0, 0.05) is 24.9 Å². The van der Waals surface area contributed by atoms with Crippen LogP contribution in [-0.2, 0) is 6.42 Å². The van der Waals surface area contributed by atoms with Gasteiger partial charge in [0.05, 0.1) is 11.2 Å². The summed E-state index contributed by atoms with van der Waals surface area (Å²) in [5, 5.41) is 13.0. The molecule has 0 fully saturated rings. The first-order valence-electron chi connectivity index (χ1n) is 8.28. The summed E-state index contributed by atoms with van der Waals surface area (Å²) in [5.74, 6) is 0.462. The van der Waals surface area contributed by atoms with E-state index < -0.39 is 5.60 Å². The van der Waals surface area contributed by atoms with Crippen molar-refractivity contribution in [2.75, 3.05) is 6.54 Å². The Labute approximate surface area is 137 Å². The summed E-state index contributed by atoms with van der Waals surface area (Å²) in [5.41, 5.74) is 0.116. The number of ketones is 1. The second-order valence-electron chi connectivity index (χ2n) is 7.41. The van der Waals surface area contributed by atoms with Gasteiger partial charge >= 0.3 is 0 Å². The molecule has 1 aliphatic carbocycles. The molecule has 2 rings (SSSR count). The molecule has 5 nitrogen and oxygen atoms in total. The molecule has 0 saturated heterocycles. The number of aliphatic hydroxyl groups is 1. The van der Waals surface area contributed by atoms with Gasteiger partial charge in [-0.25, -0.2) is 0 Å². The van der Waals surface area contributed by atoms with E-state index in [0.717, 1.165) is 0 Å². The zero-order valence-electron chi connectivity index (χ0n) is 14.7. The van der Waals surface area contributed by atoms with Crippen LogP contribution in [0.5, 0.6) is 0 Å². The fraction of sp³-hybridized carbons (Fsp3) is 0.667. The van der Waals surface area contributed by atoms with Crippen molar-refractivity contribution in [3.05, 3.63) is 22.6 Å². The fourth-order valence-corrected chi connectivity index (χ4v) is 3.12. The van der Waals surface area contributed by atoms with Crippen molar-refractivity contribution < 1.29 is 19.1 Å². The van der Waals surface area contributed by atoms with E-state index in [1.165, 1.54) is 0 Å². The molecule has 1 aromatic rings. The number of amides is 1. The van der Waals surface area contributed by atoms with E-state index in [4.69, 9.17) is 4.42 Å². The third kappa shape index (κ3) is 3.50. The van der Waals surface area contributed by atoms with E-state index in [9.17, 15) is 14.7 Å². The Bertz CT molecular complexity index is 623. The van der Waals surface area contributed by atoms with Crippen molar-refractivity contribution in [2.45, 2.75) is 65.9 Å². The Morgan fingerprint density at radius 3 is 2.48 bits per heavy atom. The smallest absolute Gasteiger partial charge is 0.287 e. The molecule has 0 atom stereocenters. The molecule has 0 aliphatic heterocycles. The van der Waals surface area contributed by atoms with Crippen molar-refractivity contribution in [1.82, 2.24) is 5.32 Å². The SMILES string of the molecule is CCC(O)(CC)CNC(=O)c1oc2c(c1C)C(=O)CC(C)(C)C2. The van der Waals surface area contributed by atoms with Crippen molar-refractivity contribution in [3.8, 4) is 0 Å². The van der Waals surface area contributed by atoms with Gasteiger partial charge in [-0.15, -0.1) is 0 Å². The van der Waals surface area contributed by atoms with Crippen LogP contribution >= 0.6 is 0 Å². The Morgan fingerprint density at radius 1 is 1.30 bits per heavy atom. The van der Waals surface area contributed by atoms with Gasteiger partial charge in [-0.3, -0.25) is 9.59 Å². The number of hydrogen-bond acceptors (Lipinski definition) is 4. The zero-order valence-corrected chi connectivity index (χ0v) is 14.7. The number of nitrogens with one attached hydrogen (secondary N) is 1. The van der Waals surface area contributed by atoms with E-state index in [0.29, 0.717) is 42.6 Å². The molecular formula is C18H27NO4. The van der Waals surface area contributed by atoms with Gasteiger partial charge in [0.2, 0.25) is 0 Å². The van der Waals surface area contributed by atoms with Gasteiger partial charge in [0.15, 0.2) is 11.5 Å². The maximum atomic E-state index is 12.4. The summed E-state index contributed by atoms with van der Waals surface area (Å²) < 4.78 is 5.72. The number of carbonyl (C=O) groups is 2. The summed E-state index contributed by atoms with van der Waals surface area (Å²) >= 11 is 0. The van der Waals surface area contributed by atoms with Crippen LogP contribution in [0.25, 0.3) is 0 Å². The molecule has 0 saturated carbocycles. The molecule has 1 aromatic heterocycles. The van der Waals surface area contributed by atoms with Crippen molar-refractivity contribution in [2.24, 2.45) is 5.41 Å². The van der Waals surface area contributed by atoms with Crippen molar-refractivity contribution in [3.63, 3.8) is 0 Å². The van der Waals surface area contributed by atoms with Crippen LogP contribution in [0.15, 0.2) is 4.42 Å². The number of carbonyl (C=O) groups excluding carboxylic acids is 2. The zero-order chi connectivity index (χ0) is 17.4. The predicted octanol–water partition coefficient (Wildman–Crippen LogP) is 3.02. The van der Waals surface area contributed by atoms with Crippen molar-refractivity contribution in [1.29, 1.82) is 0 Å². The van der Waals surface area contributed by atoms with Gasteiger partial charge in [-0.05, 0) is 25.2 Å². The monoisotopic (exact) mass is 321 g/mol. The van der Waals surface area contributed by atoms with E-state index in [1.54, 1.807) is 6.92 Å². The number of fused-ring (bicyclic) bond motifs is 1. The molecule has 23 heavy (non-hydrogen) atoms. The standard InChI is InChI=1S/C18H27NO4/c1-6-18(22,7-2)10-19-16(21)15-11(3)14-12(20)8-17(4,5)9-13(14)23-15/h22H,6-10H2,1-5H3,(H,19,21). The highest BCUT2D eigenvalue weighted by Crippen LogP contribution is 2.38. The van der Waals surface area contributed by atoms with E-state index in [1.807, 2.05) is 27.7 Å². The lowest BCUT2D eigenvalue weighted by atomic mass is 9.76. The van der Waals surface area contributed by atoms with Gasteiger partial charge < -0.3 is 14.8 Å². The second kappa shape index (κ2) is 6.11. The van der Waals surface area contributed by atoms with Crippen LogP contribution in [0.1, 0.15) is 79.2 Å².